The number of aliphatic hydroxyl groups is 1. The van der Waals surface area contributed by atoms with Gasteiger partial charge < -0.3 is 25.0 Å². The average molecular weight is 613 g/mol. The van der Waals surface area contributed by atoms with Crippen molar-refractivity contribution in [2.24, 2.45) is 0 Å². The molecule has 1 amide bonds. The van der Waals surface area contributed by atoms with Crippen LogP contribution < -0.4 is 5.32 Å². The van der Waals surface area contributed by atoms with Gasteiger partial charge >= 0.3 is 5.97 Å². The Bertz CT molecular complexity index is 1430. The normalized spacial score (nSPS) is 20.3. The number of nitrogens with zero attached hydrogens (tertiary/aromatic N) is 1. The number of aliphatic carboxylic acids is 1. The van der Waals surface area contributed by atoms with Crippen LogP contribution in [-0.4, -0.2) is 52.2 Å². The number of rotatable bonds is 14. The molecular weight excluding hydrogens is 568 g/mol. The van der Waals surface area contributed by atoms with E-state index >= 15 is 0 Å². The highest BCUT2D eigenvalue weighted by Crippen LogP contribution is 2.39. The van der Waals surface area contributed by atoms with Crippen LogP contribution in [0.1, 0.15) is 79.6 Å². The van der Waals surface area contributed by atoms with Crippen molar-refractivity contribution in [3.63, 3.8) is 0 Å². The van der Waals surface area contributed by atoms with Gasteiger partial charge in [0.2, 0.25) is 5.91 Å². The molecule has 3 N–H and O–H groups in total. The maximum atomic E-state index is 12.0. The first-order valence-corrected chi connectivity index (χ1v) is 15.9. The fraction of sp³-hybridized carbons (Fsp3) is 0.405. The molecule has 3 aromatic carbocycles. The number of carbonyl (C=O) groups is 2. The molecule has 2 fully saturated rings. The Balaban J connectivity index is 1.35. The summed E-state index contributed by atoms with van der Waals surface area (Å²) in [6.45, 7) is 5.98. The highest BCUT2D eigenvalue weighted by Gasteiger charge is 2.34. The third kappa shape index (κ3) is 9.11. The van der Waals surface area contributed by atoms with Gasteiger partial charge in [-0.2, -0.15) is 0 Å². The Kier molecular flexibility index (Phi) is 11.5. The van der Waals surface area contributed by atoms with Crippen molar-refractivity contribution in [2.75, 3.05) is 13.1 Å². The zero-order chi connectivity index (χ0) is 31.6. The quantitative estimate of drug-likeness (QED) is 0.183. The molecule has 3 unspecified atom stereocenters. The lowest BCUT2D eigenvalue weighted by molar-refractivity contribution is -0.253. The first kappa shape index (κ1) is 32.6. The van der Waals surface area contributed by atoms with Crippen molar-refractivity contribution in [2.45, 2.75) is 82.6 Å². The first-order valence-electron chi connectivity index (χ1n) is 15.9. The zero-order valence-corrected chi connectivity index (χ0v) is 25.8. The molecule has 0 aromatic heterocycles. The van der Waals surface area contributed by atoms with Crippen molar-refractivity contribution >= 4 is 11.9 Å². The van der Waals surface area contributed by atoms with Gasteiger partial charge in [0.25, 0.3) is 0 Å². The van der Waals surface area contributed by atoms with Gasteiger partial charge in [-0.25, -0.2) is 0 Å². The smallest absolute Gasteiger partial charge is 0.303 e. The van der Waals surface area contributed by atoms with Gasteiger partial charge in [0, 0.05) is 44.1 Å². The second kappa shape index (κ2) is 16.0. The molecular formula is C37H44N2O6. The van der Waals surface area contributed by atoms with Crippen LogP contribution in [0, 0.1) is 0 Å². The van der Waals surface area contributed by atoms with Crippen molar-refractivity contribution in [3.8, 4) is 11.1 Å². The summed E-state index contributed by atoms with van der Waals surface area (Å²) < 4.78 is 13.3. The number of ether oxygens (including phenoxy) is 2. The van der Waals surface area contributed by atoms with Crippen LogP contribution in [0.5, 0.6) is 0 Å². The van der Waals surface area contributed by atoms with Crippen LogP contribution in [-0.2, 0) is 32.2 Å². The summed E-state index contributed by atoms with van der Waals surface area (Å²) in [6.07, 6.45) is 6.67. The van der Waals surface area contributed by atoms with Crippen LogP contribution in [0.4, 0.5) is 0 Å². The third-order valence-corrected chi connectivity index (χ3v) is 8.73. The summed E-state index contributed by atoms with van der Waals surface area (Å²) in [6, 6.07) is 24.7. The second-order valence-corrected chi connectivity index (χ2v) is 12.0. The van der Waals surface area contributed by atoms with E-state index in [1.54, 1.807) is 0 Å². The van der Waals surface area contributed by atoms with Gasteiger partial charge in [-0.15, -0.1) is 6.58 Å². The van der Waals surface area contributed by atoms with E-state index in [-0.39, 0.29) is 37.6 Å². The molecule has 1 aliphatic carbocycles. The molecule has 1 saturated carbocycles. The Labute approximate surface area is 265 Å². The predicted molar refractivity (Wildman–Crippen MR) is 173 cm³/mol. The van der Waals surface area contributed by atoms with E-state index in [0.717, 1.165) is 52.9 Å². The van der Waals surface area contributed by atoms with Gasteiger partial charge in [-0.05, 0) is 52.8 Å². The SMILES string of the molecule is C=CCN(CC1CC(c2ccc(CO)cc2)OC(c2cccc(-c3cccc(CNC(=O)CCC(=O)O)c3)c2)O1)C1CCCC1. The topological polar surface area (TPSA) is 108 Å². The van der Waals surface area contributed by atoms with E-state index in [9.17, 15) is 14.7 Å². The Morgan fingerprint density at radius 1 is 0.911 bits per heavy atom. The van der Waals surface area contributed by atoms with Gasteiger partial charge in [0.1, 0.15) is 0 Å². The number of carboxylic acid groups (broad SMARTS) is 1. The summed E-state index contributed by atoms with van der Waals surface area (Å²) >= 11 is 0. The van der Waals surface area contributed by atoms with E-state index < -0.39 is 12.3 Å². The molecule has 3 aromatic rings. The molecule has 238 valence electrons. The highest BCUT2D eigenvalue weighted by molar-refractivity contribution is 5.80. The van der Waals surface area contributed by atoms with Crippen molar-refractivity contribution in [1.82, 2.24) is 10.2 Å². The van der Waals surface area contributed by atoms with Gasteiger partial charge in [0.15, 0.2) is 6.29 Å². The number of nitrogens with one attached hydrogen (secondary N) is 1. The number of benzene rings is 3. The Hall–Kier alpha value is -3.82. The van der Waals surface area contributed by atoms with E-state index in [1.807, 2.05) is 72.8 Å². The summed E-state index contributed by atoms with van der Waals surface area (Å²) in [5, 5.41) is 21.2. The molecule has 45 heavy (non-hydrogen) atoms. The molecule has 1 heterocycles. The van der Waals surface area contributed by atoms with Gasteiger partial charge in [0.05, 0.1) is 25.2 Å². The van der Waals surface area contributed by atoms with Crippen molar-refractivity contribution < 1.29 is 29.3 Å². The van der Waals surface area contributed by atoms with E-state index in [0.29, 0.717) is 12.6 Å². The lowest BCUT2D eigenvalue weighted by atomic mass is 9.98. The van der Waals surface area contributed by atoms with Gasteiger partial charge in [-0.1, -0.05) is 79.6 Å². The number of amides is 1. The van der Waals surface area contributed by atoms with E-state index in [2.05, 4.69) is 22.9 Å². The minimum absolute atomic E-state index is 0.00313. The number of carboxylic acids is 1. The number of hydrogen-bond acceptors (Lipinski definition) is 6. The van der Waals surface area contributed by atoms with Crippen LogP contribution in [0.15, 0.2) is 85.5 Å². The fourth-order valence-corrected chi connectivity index (χ4v) is 6.34. The lowest BCUT2D eigenvalue weighted by Gasteiger charge is -2.39. The molecule has 0 bridgehead atoms. The molecule has 5 rings (SSSR count). The van der Waals surface area contributed by atoms with Crippen LogP contribution in [0.2, 0.25) is 0 Å². The number of carbonyl (C=O) groups excluding carboxylic acids is 1. The standard InChI is InChI=1S/C37H44N2O6/c1-2-19-39(32-11-3-4-12-32)24-33-22-34(28-15-13-26(25-40)14-16-28)45-37(44-33)31-10-6-9-30(21-31)29-8-5-7-27(20-29)23-38-35(41)17-18-36(42)43/h2,5-10,13-16,20-21,32-34,37,40H,1,3-4,11-12,17-19,22-25H2,(H,38,41)(H,42,43). The predicted octanol–water partition coefficient (Wildman–Crippen LogP) is 6.30. The maximum absolute atomic E-state index is 12.0. The molecule has 0 radical (unpaired) electrons. The Morgan fingerprint density at radius 2 is 1.64 bits per heavy atom. The van der Waals surface area contributed by atoms with Crippen LogP contribution in [0.3, 0.4) is 0 Å². The largest absolute Gasteiger partial charge is 0.481 e. The molecule has 8 heteroatoms. The summed E-state index contributed by atoms with van der Waals surface area (Å²) in [5.41, 5.74) is 5.79. The zero-order valence-electron chi connectivity index (χ0n) is 25.8. The second-order valence-electron chi connectivity index (χ2n) is 12.0. The van der Waals surface area contributed by atoms with Crippen molar-refractivity contribution in [1.29, 1.82) is 0 Å². The minimum atomic E-state index is -0.988. The summed E-state index contributed by atoms with van der Waals surface area (Å²) in [7, 11) is 0. The molecule has 2 aliphatic rings. The Morgan fingerprint density at radius 3 is 2.36 bits per heavy atom. The van der Waals surface area contributed by atoms with E-state index in [1.165, 1.54) is 25.7 Å². The van der Waals surface area contributed by atoms with Crippen LogP contribution >= 0.6 is 0 Å². The van der Waals surface area contributed by atoms with E-state index in [4.69, 9.17) is 14.6 Å². The minimum Gasteiger partial charge on any atom is -0.481 e. The van der Waals surface area contributed by atoms with Gasteiger partial charge in [-0.3, -0.25) is 14.5 Å². The molecule has 8 nitrogen and oxygen atoms in total. The number of hydrogen-bond donors (Lipinski definition) is 3. The third-order valence-electron chi connectivity index (χ3n) is 8.73. The molecule has 1 aliphatic heterocycles. The fourth-order valence-electron chi connectivity index (χ4n) is 6.34. The summed E-state index contributed by atoms with van der Waals surface area (Å²) in [4.78, 5) is 25.3. The number of aliphatic hydroxyl groups excluding tert-OH is 1. The lowest BCUT2D eigenvalue weighted by Crippen LogP contribution is -2.43. The first-order chi connectivity index (χ1) is 21.9. The molecule has 1 saturated heterocycles. The summed E-state index contributed by atoms with van der Waals surface area (Å²) in [5.74, 6) is -1.27. The molecule has 0 spiro atoms. The van der Waals surface area contributed by atoms with Crippen LogP contribution in [0.25, 0.3) is 11.1 Å². The maximum Gasteiger partial charge on any atom is 0.303 e. The molecule has 3 atom stereocenters. The monoisotopic (exact) mass is 612 g/mol. The van der Waals surface area contributed by atoms with Crippen molar-refractivity contribution in [3.05, 3.63) is 108 Å². The average Bonchev–Trinajstić information content (AvgIpc) is 3.62. The highest BCUT2D eigenvalue weighted by atomic mass is 16.7.